The number of phenolic OH excluding ortho intramolecular Hbond substituents is 1. The van der Waals surface area contributed by atoms with Crippen LogP contribution in [0.4, 0.5) is 5.69 Å². The Kier molecular flexibility index (Phi) is 5.25. The van der Waals surface area contributed by atoms with Crippen LogP contribution in [0.25, 0.3) is 0 Å². The number of hydrogen-bond acceptors (Lipinski definition) is 3. The third-order valence-corrected chi connectivity index (χ3v) is 3.81. The molecule has 0 heterocycles. The highest BCUT2D eigenvalue weighted by Crippen LogP contribution is 2.29. The van der Waals surface area contributed by atoms with Crippen LogP contribution in [0.1, 0.15) is 6.92 Å². The molecule has 1 amide bonds. The van der Waals surface area contributed by atoms with Crippen LogP contribution in [-0.2, 0) is 4.79 Å². The van der Waals surface area contributed by atoms with Crippen LogP contribution >= 0.6 is 31.9 Å². The predicted octanol–water partition coefficient (Wildman–Crippen LogP) is 4.32. The number of carbonyl (C=O) groups excluding carboxylic acids is 1. The van der Waals surface area contributed by atoms with Crippen LogP contribution < -0.4 is 10.1 Å². The van der Waals surface area contributed by atoms with Gasteiger partial charge in [-0.2, -0.15) is 0 Å². The van der Waals surface area contributed by atoms with Crippen molar-refractivity contribution in [1.82, 2.24) is 0 Å². The second kappa shape index (κ2) is 6.95. The van der Waals surface area contributed by atoms with E-state index < -0.39 is 6.10 Å². The van der Waals surface area contributed by atoms with Gasteiger partial charge >= 0.3 is 0 Å². The zero-order chi connectivity index (χ0) is 15.4. The van der Waals surface area contributed by atoms with Gasteiger partial charge in [0.05, 0.1) is 4.47 Å². The van der Waals surface area contributed by atoms with E-state index in [9.17, 15) is 9.90 Å². The van der Waals surface area contributed by atoms with Gasteiger partial charge in [0.25, 0.3) is 5.91 Å². The zero-order valence-electron chi connectivity index (χ0n) is 11.1. The molecule has 6 heteroatoms. The Balaban J connectivity index is 2.00. The lowest BCUT2D eigenvalue weighted by Gasteiger charge is -2.16. The maximum Gasteiger partial charge on any atom is 0.265 e. The Morgan fingerprint density at radius 2 is 1.86 bits per heavy atom. The summed E-state index contributed by atoms with van der Waals surface area (Å²) in [5.74, 6) is 0.471. The zero-order valence-corrected chi connectivity index (χ0v) is 14.3. The van der Waals surface area contributed by atoms with Crippen molar-refractivity contribution in [1.29, 1.82) is 0 Å². The molecule has 2 aromatic carbocycles. The summed E-state index contributed by atoms with van der Waals surface area (Å²) in [6.45, 7) is 1.67. The van der Waals surface area contributed by atoms with Crippen molar-refractivity contribution < 1.29 is 14.6 Å². The Labute approximate surface area is 139 Å². The molecule has 0 aliphatic rings. The fourth-order valence-corrected chi connectivity index (χ4v) is 2.74. The average molecular weight is 415 g/mol. The van der Waals surface area contributed by atoms with Crippen molar-refractivity contribution in [3.8, 4) is 11.5 Å². The van der Waals surface area contributed by atoms with Crippen molar-refractivity contribution in [3.05, 3.63) is 51.4 Å². The summed E-state index contributed by atoms with van der Waals surface area (Å²) < 4.78 is 7.31. The van der Waals surface area contributed by atoms with Gasteiger partial charge in [-0.25, -0.2) is 0 Å². The number of hydrogen-bond donors (Lipinski definition) is 2. The summed E-state index contributed by atoms with van der Waals surface area (Å²) >= 11 is 6.74. The van der Waals surface area contributed by atoms with E-state index in [1.54, 1.807) is 25.1 Å². The number of amides is 1. The minimum Gasteiger partial charge on any atom is -0.508 e. The molecule has 2 aromatic rings. The average Bonchev–Trinajstić information content (AvgIpc) is 2.44. The van der Waals surface area contributed by atoms with E-state index in [0.29, 0.717) is 11.4 Å². The maximum atomic E-state index is 12.1. The number of carbonyl (C=O) groups is 1. The lowest BCUT2D eigenvalue weighted by molar-refractivity contribution is -0.122. The molecule has 0 fully saturated rings. The van der Waals surface area contributed by atoms with Crippen LogP contribution in [0.2, 0.25) is 0 Å². The van der Waals surface area contributed by atoms with E-state index in [1.807, 2.05) is 12.1 Å². The lowest BCUT2D eigenvalue weighted by Crippen LogP contribution is -2.30. The van der Waals surface area contributed by atoms with Crippen LogP contribution in [-0.4, -0.2) is 17.1 Å². The largest absolute Gasteiger partial charge is 0.508 e. The van der Waals surface area contributed by atoms with Gasteiger partial charge in [0.1, 0.15) is 11.5 Å². The first-order valence-electron chi connectivity index (χ1n) is 6.17. The summed E-state index contributed by atoms with van der Waals surface area (Å²) in [6.07, 6.45) is -0.656. The molecule has 110 valence electrons. The Hall–Kier alpha value is -1.53. The van der Waals surface area contributed by atoms with E-state index in [-0.39, 0.29) is 11.7 Å². The van der Waals surface area contributed by atoms with Gasteiger partial charge in [-0.15, -0.1) is 0 Å². The predicted molar refractivity (Wildman–Crippen MR) is 88.7 cm³/mol. The first-order valence-corrected chi connectivity index (χ1v) is 7.76. The molecule has 0 saturated carbocycles. The van der Waals surface area contributed by atoms with Crippen LogP contribution in [0.15, 0.2) is 51.4 Å². The fourth-order valence-electron chi connectivity index (χ4n) is 1.60. The van der Waals surface area contributed by atoms with E-state index in [1.165, 1.54) is 12.1 Å². The normalized spacial score (nSPS) is 11.8. The molecule has 0 bridgehead atoms. The number of ether oxygens (including phenoxy) is 1. The van der Waals surface area contributed by atoms with Crippen molar-refractivity contribution >= 4 is 43.5 Å². The first kappa shape index (κ1) is 15.9. The summed E-state index contributed by atoms with van der Waals surface area (Å²) in [5.41, 5.74) is 0.600. The second-order valence-electron chi connectivity index (χ2n) is 4.37. The topological polar surface area (TPSA) is 58.6 Å². The van der Waals surface area contributed by atoms with Crippen molar-refractivity contribution in [2.24, 2.45) is 0 Å². The third-order valence-electron chi connectivity index (χ3n) is 2.70. The minimum atomic E-state index is -0.656. The van der Waals surface area contributed by atoms with Gasteiger partial charge in [0.15, 0.2) is 6.10 Å². The Morgan fingerprint density at radius 1 is 1.19 bits per heavy atom. The quantitative estimate of drug-likeness (QED) is 0.732. The molecule has 0 aromatic heterocycles. The van der Waals surface area contributed by atoms with Gasteiger partial charge in [-0.3, -0.25) is 4.79 Å². The second-order valence-corrected chi connectivity index (χ2v) is 6.14. The Bertz CT molecular complexity index is 644. The molecule has 0 aliphatic heterocycles. The molecular weight excluding hydrogens is 402 g/mol. The van der Waals surface area contributed by atoms with E-state index in [0.717, 1.165) is 8.95 Å². The van der Waals surface area contributed by atoms with Crippen LogP contribution in [0.5, 0.6) is 11.5 Å². The SMILES string of the molecule is C[C@H](Oc1ccc(Br)cc1Br)C(=O)Nc1ccc(O)cc1. The number of nitrogens with one attached hydrogen (secondary N) is 1. The van der Waals surface area contributed by atoms with E-state index >= 15 is 0 Å². The van der Waals surface area contributed by atoms with Crippen LogP contribution in [0, 0.1) is 0 Å². The summed E-state index contributed by atoms with van der Waals surface area (Å²) in [7, 11) is 0. The number of rotatable bonds is 4. The van der Waals surface area contributed by atoms with Crippen LogP contribution in [0.3, 0.4) is 0 Å². The van der Waals surface area contributed by atoms with Gasteiger partial charge in [-0.1, -0.05) is 15.9 Å². The van der Waals surface area contributed by atoms with Gasteiger partial charge in [0, 0.05) is 10.2 Å². The van der Waals surface area contributed by atoms with Gasteiger partial charge < -0.3 is 15.2 Å². The summed E-state index contributed by atoms with van der Waals surface area (Å²) in [5, 5.41) is 11.9. The smallest absolute Gasteiger partial charge is 0.265 e. The molecular formula is C15H13Br2NO3. The van der Waals surface area contributed by atoms with Gasteiger partial charge in [0.2, 0.25) is 0 Å². The Morgan fingerprint density at radius 3 is 2.48 bits per heavy atom. The molecule has 4 nitrogen and oxygen atoms in total. The number of benzene rings is 2. The summed E-state index contributed by atoms with van der Waals surface area (Å²) in [6, 6.07) is 11.7. The van der Waals surface area contributed by atoms with E-state index in [2.05, 4.69) is 37.2 Å². The standard InChI is InChI=1S/C15H13Br2NO3/c1-9(21-14-7-2-10(16)8-13(14)17)15(20)18-11-3-5-12(19)6-4-11/h2-9,19H,1H3,(H,18,20)/t9-/m0/s1. The monoisotopic (exact) mass is 413 g/mol. The van der Waals surface area contributed by atoms with Crippen molar-refractivity contribution in [3.63, 3.8) is 0 Å². The number of aromatic hydroxyl groups is 1. The maximum absolute atomic E-state index is 12.1. The molecule has 0 saturated heterocycles. The highest BCUT2D eigenvalue weighted by Gasteiger charge is 2.16. The molecule has 2 rings (SSSR count). The third kappa shape index (κ3) is 4.47. The molecule has 2 N–H and O–H groups in total. The highest BCUT2D eigenvalue weighted by atomic mass is 79.9. The fraction of sp³-hybridized carbons (Fsp3) is 0.133. The van der Waals surface area contributed by atoms with Crippen molar-refractivity contribution in [2.75, 3.05) is 5.32 Å². The molecule has 0 radical (unpaired) electrons. The molecule has 0 aliphatic carbocycles. The summed E-state index contributed by atoms with van der Waals surface area (Å²) in [4.78, 5) is 12.1. The van der Waals surface area contributed by atoms with Gasteiger partial charge in [-0.05, 0) is 65.3 Å². The first-order chi connectivity index (χ1) is 9.95. The lowest BCUT2D eigenvalue weighted by atomic mass is 10.3. The molecule has 1 atom stereocenters. The molecule has 21 heavy (non-hydrogen) atoms. The van der Waals surface area contributed by atoms with Crippen molar-refractivity contribution in [2.45, 2.75) is 13.0 Å². The number of phenols is 1. The minimum absolute atomic E-state index is 0.149. The molecule has 0 spiro atoms. The number of halogens is 2. The highest BCUT2D eigenvalue weighted by molar-refractivity contribution is 9.11. The molecule has 0 unspecified atom stereocenters. The number of anilines is 1. The van der Waals surface area contributed by atoms with E-state index in [4.69, 9.17) is 4.74 Å².